The van der Waals surface area contributed by atoms with Gasteiger partial charge in [0.25, 0.3) is 0 Å². The van der Waals surface area contributed by atoms with Crippen molar-refractivity contribution in [2.24, 2.45) is 0 Å². The van der Waals surface area contributed by atoms with E-state index in [9.17, 15) is 0 Å². The topological polar surface area (TPSA) is 61.7 Å². The lowest BCUT2D eigenvalue weighted by Crippen LogP contribution is -2.21. The minimum atomic E-state index is 0.0984. The standard InChI is InChI=1S/C10H23NO3/c12-7-4-2-1-3-5-11-6-9-14-10-8-13/h11-13H,1-10H2. The predicted octanol–water partition coefficient (Wildman–Crippen LogP) is 0.138. The second-order valence-electron chi connectivity index (χ2n) is 3.22. The van der Waals surface area contributed by atoms with Crippen LogP contribution in [0.15, 0.2) is 0 Å². The molecule has 0 amide bonds. The van der Waals surface area contributed by atoms with Crippen molar-refractivity contribution in [3.8, 4) is 0 Å². The zero-order valence-electron chi connectivity index (χ0n) is 8.87. The summed E-state index contributed by atoms with van der Waals surface area (Å²) >= 11 is 0. The molecule has 4 nitrogen and oxygen atoms in total. The van der Waals surface area contributed by atoms with Crippen LogP contribution < -0.4 is 5.32 Å². The Morgan fingerprint density at radius 3 is 2.29 bits per heavy atom. The number of hydrogen-bond donors (Lipinski definition) is 3. The van der Waals surface area contributed by atoms with E-state index in [0.717, 1.165) is 32.4 Å². The van der Waals surface area contributed by atoms with Gasteiger partial charge in [0.1, 0.15) is 0 Å². The molecule has 0 rings (SSSR count). The molecule has 0 fully saturated rings. The predicted molar refractivity (Wildman–Crippen MR) is 56.3 cm³/mol. The Morgan fingerprint density at radius 2 is 1.57 bits per heavy atom. The summed E-state index contributed by atoms with van der Waals surface area (Å²) < 4.78 is 5.08. The Balaban J connectivity index is 2.78. The molecule has 0 aromatic rings. The molecule has 86 valence electrons. The van der Waals surface area contributed by atoms with Crippen molar-refractivity contribution in [1.29, 1.82) is 0 Å². The highest BCUT2D eigenvalue weighted by Gasteiger charge is 1.90. The van der Waals surface area contributed by atoms with Crippen LogP contribution in [0.3, 0.4) is 0 Å². The smallest absolute Gasteiger partial charge is 0.0698 e. The molecule has 0 bridgehead atoms. The average molecular weight is 205 g/mol. The summed E-state index contributed by atoms with van der Waals surface area (Å²) in [6, 6.07) is 0. The summed E-state index contributed by atoms with van der Waals surface area (Å²) in [5.41, 5.74) is 0. The van der Waals surface area contributed by atoms with E-state index < -0.39 is 0 Å². The third-order valence-corrected chi connectivity index (χ3v) is 1.92. The Kier molecular flexibility index (Phi) is 12.7. The van der Waals surface area contributed by atoms with E-state index in [2.05, 4.69) is 5.32 Å². The van der Waals surface area contributed by atoms with Gasteiger partial charge in [0.2, 0.25) is 0 Å². The molecule has 0 saturated carbocycles. The molecule has 0 aliphatic rings. The molecule has 0 aromatic carbocycles. The lowest BCUT2D eigenvalue weighted by atomic mass is 10.2. The first-order valence-electron chi connectivity index (χ1n) is 5.42. The number of hydrogen-bond acceptors (Lipinski definition) is 4. The fourth-order valence-corrected chi connectivity index (χ4v) is 1.15. The highest BCUT2D eigenvalue weighted by molar-refractivity contribution is 4.48. The number of nitrogens with one attached hydrogen (secondary N) is 1. The van der Waals surface area contributed by atoms with E-state index in [1.165, 1.54) is 6.42 Å². The Hall–Kier alpha value is -0.160. The molecule has 0 heterocycles. The van der Waals surface area contributed by atoms with Gasteiger partial charge in [-0.25, -0.2) is 0 Å². The summed E-state index contributed by atoms with van der Waals surface area (Å²) in [6.45, 7) is 3.35. The number of unbranched alkanes of at least 4 members (excludes halogenated alkanes) is 3. The van der Waals surface area contributed by atoms with E-state index in [-0.39, 0.29) is 6.61 Å². The van der Waals surface area contributed by atoms with Gasteiger partial charge in [0, 0.05) is 13.2 Å². The molecule has 0 atom stereocenters. The number of aliphatic hydroxyl groups is 2. The van der Waals surface area contributed by atoms with E-state index in [4.69, 9.17) is 14.9 Å². The second kappa shape index (κ2) is 12.8. The summed E-state index contributed by atoms with van der Waals surface area (Å²) in [5, 5.41) is 20.2. The Labute approximate surface area is 86.3 Å². The second-order valence-corrected chi connectivity index (χ2v) is 3.22. The van der Waals surface area contributed by atoms with E-state index in [0.29, 0.717) is 19.8 Å². The molecule has 0 aromatic heterocycles. The van der Waals surface area contributed by atoms with Gasteiger partial charge in [-0.05, 0) is 19.4 Å². The van der Waals surface area contributed by atoms with Gasteiger partial charge in [0.05, 0.1) is 19.8 Å². The molecular weight excluding hydrogens is 182 g/mol. The first kappa shape index (κ1) is 13.8. The summed E-state index contributed by atoms with van der Waals surface area (Å²) in [7, 11) is 0. The Bertz CT molecular complexity index is 89.4. The summed E-state index contributed by atoms with van der Waals surface area (Å²) in [4.78, 5) is 0. The van der Waals surface area contributed by atoms with Crippen LogP contribution in [0.5, 0.6) is 0 Å². The van der Waals surface area contributed by atoms with Gasteiger partial charge in [-0.1, -0.05) is 12.8 Å². The minimum absolute atomic E-state index is 0.0984. The third kappa shape index (κ3) is 11.8. The summed E-state index contributed by atoms with van der Waals surface area (Å²) in [6.07, 6.45) is 4.35. The normalized spacial score (nSPS) is 10.7. The van der Waals surface area contributed by atoms with Gasteiger partial charge < -0.3 is 20.3 Å². The van der Waals surface area contributed by atoms with Crippen LogP contribution in [0.25, 0.3) is 0 Å². The van der Waals surface area contributed by atoms with Gasteiger partial charge >= 0.3 is 0 Å². The molecule has 4 heteroatoms. The van der Waals surface area contributed by atoms with Crippen LogP contribution in [-0.4, -0.2) is 49.7 Å². The maximum Gasteiger partial charge on any atom is 0.0698 e. The zero-order chi connectivity index (χ0) is 10.5. The van der Waals surface area contributed by atoms with E-state index in [1.54, 1.807) is 0 Å². The zero-order valence-corrected chi connectivity index (χ0v) is 8.87. The largest absolute Gasteiger partial charge is 0.396 e. The van der Waals surface area contributed by atoms with Crippen LogP contribution >= 0.6 is 0 Å². The van der Waals surface area contributed by atoms with Crippen LogP contribution in [0, 0.1) is 0 Å². The molecule has 0 spiro atoms. The molecule has 0 aliphatic carbocycles. The molecule has 3 N–H and O–H groups in total. The van der Waals surface area contributed by atoms with Crippen LogP contribution in [0.2, 0.25) is 0 Å². The lowest BCUT2D eigenvalue weighted by molar-refractivity contribution is 0.0939. The van der Waals surface area contributed by atoms with Crippen molar-refractivity contribution >= 4 is 0 Å². The van der Waals surface area contributed by atoms with Gasteiger partial charge in [-0.3, -0.25) is 0 Å². The molecule has 0 radical (unpaired) electrons. The van der Waals surface area contributed by atoms with Crippen molar-refractivity contribution in [3.63, 3.8) is 0 Å². The quantitative estimate of drug-likeness (QED) is 0.420. The SMILES string of the molecule is OCCCCCCNCCOCCO. The molecule has 0 aliphatic heterocycles. The maximum absolute atomic E-state index is 8.54. The highest BCUT2D eigenvalue weighted by Crippen LogP contribution is 1.97. The first-order chi connectivity index (χ1) is 6.91. The van der Waals surface area contributed by atoms with E-state index >= 15 is 0 Å². The van der Waals surface area contributed by atoms with Gasteiger partial charge in [-0.2, -0.15) is 0 Å². The Morgan fingerprint density at radius 1 is 0.786 bits per heavy atom. The number of ether oxygens (including phenoxy) is 1. The molecule has 14 heavy (non-hydrogen) atoms. The molecule has 0 unspecified atom stereocenters. The van der Waals surface area contributed by atoms with Crippen LogP contribution in [0.4, 0.5) is 0 Å². The van der Waals surface area contributed by atoms with Crippen LogP contribution in [-0.2, 0) is 4.74 Å². The lowest BCUT2D eigenvalue weighted by Gasteiger charge is -2.04. The van der Waals surface area contributed by atoms with E-state index in [1.807, 2.05) is 0 Å². The van der Waals surface area contributed by atoms with Gasteiger partial charge in [-0.15, -0.1) is 0 Å². The first-order valence-corrected chi connectivity index (χ1v) is 5.42. The van der Waals surface area contributed by atoms with Gasteiger partial charge in [0.15, 0.2) is 0 Å². The highest BCUT2D eigenvalue weighted by atomic mass is 16.5. The van der Waals surface area contributed by atoms with Crippen molar-refractivity contribution in [1.82, 2.24) is 5.32 Å². The monoisotopic (exact) mass is 205 g/mol. The van der Waals surface area contributed by atoms with Crippen molar-refractivity contribution < 1.29 is 14.9 Å². The van der Waals surface area contributed by atoms with Crippen molar-refractivity contribution in [2.45, 2.75) is 25.7 Å². The van der Waals surface area contributed by atoms with Crippen molar-refractivity contribution in [3.05, 3.63) is 0 Å². The summed E-state index contributed by atoms with van der Waals surface area (Å²) in [5.74, 6) is 0. The van der Waals surface area contributed by atoms with Crippen LogP contribution in [0.1, 0.15) is 25.7 Å². The molecule has 0 saturated heterocycles. The average Bonchev–Trinajstić information content (AvgIpc) is 2.21. The maximum atomic E-state index is 8.54. The minimum Gasteiger partial charge on any atom is -0.396 e. The van der Waals surface area contributed by atoms with Crippen molar-refractivity contribution in [2.75, 3.05) is 39.5 Å². The fourth-order valence-electron chi connectivity index (χ4n) is 1.15. The molecular formula is C10H23NO3. The fraction of sp³-hybridized carbons (Fsp3) is 1.00. The number of rotatable bonds is 11. The third-order valence-electron chi connectivity index (χ3n) is 1.92. The number of aliphatic hydroxyl groups excluding tert-OH is 2.